The number of hydrogen-bond donors (Lipinski definition) is 2. The molecule has 4 heteroatoms. The van der Waals surface area contributed by atoms with E-state index in [1.54, 1.807) is 18.2 Å². The van der Waals surface area contributed by atoms with Gasteiger partial charge in [0.05, 0.1) is 6.10 Å². The van der Waals surface area contributed by atoms with Crippen molar-refractivity contribution in [3.63, 3.8) is 0 Å². The Bertz CT molecular complexity index is 377. The van der Waals surface area contributed by atoms with Crippen molar-refractivity contribution >= 4 is 5.91 Å². The number of benzene rings is 1. The summed E-state index contributed by atoms with van der Waals surface area (Å²) in [4.78, 5) is 11.8. The minimum atomic E-state index is -0.128. The Hall–Kier alpha value is -1.55. The van der Waals surface area contributed by atoms with Crippen LogP contribution in [0.15, 0.2) is 24.3 Å². The van der Waals surface area contributed by atoms with Crippen LogP contribution in [0.4, 0.5) is 0 Å². The SMILES string of the molecule is CC(C)Oc1cccc(C(=O)N[C@H](C)CN)c1. The Morgan fingerprint density at radius 2 is 2.12 bits per heavy atom. The zero-order chi connectivity index (χ0) is 12.8. The molecule has 94 valence electrons. The highest BCUT2D eigenvalue weighted by atomic mass is 16.5. The van der Waals surface area contributed by atoms with E-state index in [0.29, 0.717) is 17.9 Å². The van der Waals surface area contributed by atoms with Crippen LogP contribution in [0.1, 0.15) is 31.1 Å². The summed E-state index contributed by atoms with van der Waals surface area (Å²) in [6, 6.07) is 7.10. The molecule has 0 aliphatic heterocycles. The van der Waals surface area contributed by atoms with Crippen molar-refractivity contribution in [2.75, 3.05) is 6.54 Å². The van der Waals surface area contributed by atoms with Crippen LogP contribution in [-0.2, 0) is 0 Å². The number of rotatable bonds is 5. The molecule has 0 spiro atoms. The molecule has 0 saturated heterocycles. The molecule has 0 aliphatic rings. The molecule has 0 radical (unpaired) electrons. The summed E-state index contributed by atoms with van der Waals surface area (Å²) in [6.07, 6.45) is 0.0938. The van der Waals surface area contributed by atoms with Crippen molar-refractivity contribution in [3.05, 3.63) is 29.8 Å². The zero-order valence-corrected chi connectivity index (χ0v) is 10.6. The molecule has 0 aromatic heterocycles. The van der Waals surface area contributed by atoms with E-state index in [2.05, 4.69) is 5.32 Å². The van der Waals surface area contributed by atoms with E-state index in [0.717, 1.165) is 0 Å². The largest absolute Gasteiger partial charge is 0.491 e. The summed E-state index contributed by atoms with van der Waals surface area (Å²) in [7, 11) is 0. The highest BCUT2D eigenvalue weighted by Crippen LogP contribution is 2.14. The average molecular weight is 236 g/mol. The third kappa shape index (κ3) is 4.44. The summed E-state index contributed by atoms with van der Waals surface area (Å²) < 4.78 is 5.53. The highest BCUT2D eigenvalue weighted by Gasteiger charge is 2.09. The molecule has 0 unspecified atom stereocenters. The van der Waals surface area contributed by atoms with Gasteiger partial charge in [0.1, 0.15) is 5.75 Å². The number of amides is 1. The lowest BCUT2D eigenvalue weighted by molar-refractivity contribution is 0.0940. The smallest absolute Gasteiger partial charge is 0.251 e. The normalized spacial score (nSPS) is 12.3. The number of nitrogens with two attached hydrogens (primary N) is 1. The molecular formula is C13H20N2O2. The first-order valence-electron chi connectivity index (χ1n) is 5.80. The van der Waals surface area contributed by atoms with Crippen LogP contribution in [0, 0.1) is 0 Å². The number of nitrogens with one attached hydrogen (secondary N) is 1. The zero-order valence-electron chi connectivity index (χ0n) is 10.6. The van der Waals surface area contributed by atoms with Crippen LogP contribution in [0.2, 0.25) is 0 Å². The van der Waals surface area contributed by atoms with Crippen molar-refractivity contribution in [1.29, 1.82) is 0 Å². The van der Waals surface area contributed by atoms with E-state index >= 15 is 0 Å². The third-order valence-electron chi connectivity index (χ3n) is 2.20. The van der Waals surface area contributed by atoms with Gasteiger partial charge in [-0.05, 0) is 39.0 Å². The van der Waals surface area contributed by atoms with Gasteiger partial charge >= 0.3 is 0 Å². The van der Waals surface area contributed by atoms with Gasteiger partial charge in [-0.1, -0.05) is 6.07 Å². The Balaban J connectivity index is 2.73. The fourth-order valence-corrected chi connectivity index (χ4v) is 1.35. The second kappa shape index (κ2) is 6.25. The standard InChI is InChI=1S/C13H20N2O2/c1-9(2)17-12-6-4-5-11(7-12)13(16)15-10(3)8-14/h4-7,9-10H,8,14H2,1-3H3,(H,15,16)/t10-/m1/s1. The van der Waals surface area contributed by atoms with Crippen molar-refractivity contribution in [2.45, 2.75) is 32.9 Å². The van der Waals surface area contributed by atoms with Crippen LogP contribution >= 0.6 is 0 Å². The van der Waals surface area contributed by atoms with E-state index in [-0.39, 0.29) is 18.1 Å². The van der Waals surface area contributed by atoms with Gasteiger partial charge in [0.25, 0.3) is 5.91 Å². The van der Waals surface area contributed by atoms with Gasteiger partial charge in [-0.15, -0.1) is 0 Å². The monoisotopic (exact) mass is 236 g/mol. The predicted octanol–water partition coefficient (Wildman–Crippen LogP) is 1.55. The fourth-order valence-electron chi connectivity index (χ4n) is 1.35. The molecule has 1 aromatic rings. The molecule has 1 rings (SSSR count). The van der Waals surface area contributed by atoms with Crippen molar-refractivity contribution in [2.24, 2.45) is 5.73 Å². The molecule has 1 aromatic carbocycles. The van der Waals surface area contributed by atoms with Crippen molar-refractivity contribution in [1.82, 2.24) is 5.32 Å². The lowest BCUT2D eigenvalue weighted by atomic mass is 10.2. The molecule has 0 fully saturated rings. The summed E-state index contributed by atoms with van der Waals surface area (Å²) in [5.74, 6) is 0.574. The molecule has 3 N–H and O–H groups in total. The van der Waals surface area contributed by atoms with E-state index < -0.39 is 0 Å². The van der Waals surface area contributed by atoms with E-state index in [1.807, 2.05) is 26.8 Å². The van der Waals surface area contributed by atoms with Crippen LogP contribution in [0.25, 0.3) is 0 Å². The van der Waals surface area contributed by atoms with Crippen molar-refractivity contribution < 1.29 is 9.53 Å². The second-order valence-electron chi connectivity index (χ2n) is 4.30. The lowest BCUT2D eigenvalue weighted by Crippen LogP contribution is -2.37. The Kier molecular flexibility index (Phi) is 4.97. The van der Waals surface area contributed by atoms with Gasteiger partial charge in [-0.25, -0.2) is 0 Å². The third-order valence-corrected chi connectivity index (χ3v) is 2.20. The summed E-state index contributed by atoms with van der Waals surface area (Å²) >= 11 is 0. The quantitative estimate of drug-likeness (QED) is 0.815. The molecule has 1 amide bonds. The van der Waals surface area contributed by atoms with Gasteiger partial charge in [-0.2, -0.15) is 0 Å². The van der Waals surface area contributed by atoms with Gasteiger partial charge in [-0.3, -0.25) is 4.79 Å². The molecule has 0 aliphatic carbocycles. The van der Waals surface area contributed by atoms with Crippen molar-refractivity contribution in [3.8, 4) is 5.75 Å². The molecule has 1 atom stereocenters. The second-order valence-corrected chi connectivity index (χ2v) is 4.30. The first-order valence-corrected chi connectivity index (χ1v) is 5.80. The van der Waals surface area contributed by atoms with Crippen LogP contribution in [0.3, 0.4) is 0 Å². The highest BCUT2D eigenvalue weighted by molar-refractivity contribution is 5.94. The van der Waals surface area contributed by atoms with E-state index in [4.69, 9.17) is 10.5 Å². The minimum Gasteiger partial charge on any atom is -0.491 e. The fraction of sp³-hybridized carbons (Fsp3) is 0.462. The maximum absolute atomic E-state index is 11.8. The molecule has 17 heavy (non-hydrogen) atoms. The maximum atomic E-state index is 11.8. The number of hydrogen-bond acceptors (Lipinski definition) is 3. The lowest BCUT2D eigenvalue weighted by Gasteiger charge is -2.13. The molecule has 0 bridgehead atoms. The van der Waals surface area contributed by atoms with Gasteiger partial charge in [0.2, 0.25) is 0 Å². The molecule has 0 saturated carbocycles. The summed E-state index contributed by atoms with van der Waals surface area (Å²) in [5.41, 5.74) is 6.04. The number of carbonyl (C=O) groups excluding carboxylic acids is 1. The number of ether oxygens (including phenoxy) is 1. The average Bonchev–Trinajstić information content (AvgIpc) is 2.28. The first-order chi connectivity index (χ1) is 8.02. The van der Waals surface area contributed by atoms with Gasteiger partial charge in [0, 0.05) is 18.2 Å². The predicted molar refractivity (Wildman–Crippen MR) is 68.2 cm³/mol. The van der Waals surface area contributed by atoms with Crippen LogP contribution in [0.5, 0.6) is 5.75 Å². The van der Waals surface area contributed by atoms with Gasteiger partial charge < -0.3 is 15.8 Å². The first kappa shape index (κ1) is 13.5. The topological polar surface area (TPSA) is 64.3 Å². The van der Waals surface area contributed by atoms with E-state index in [1.165, 1.54) is 0 Å². The Morgan fingerprint density at radius 1 is 1.41 bits per heavy atom. The molecule has 0 heterocycles. The van der Waals surface area contributed by atoms with Gasteiger partial charge in [0.15, 0.2) is 0 Å². The van der Waals surface area contributed by atoms with Crippen LogP contribution in [-0.4, -0.2) is 24.6 Å². The molecular weight excluding hydrogens is 216 g/mol. The summed E-state index contributed by atoms with van der Waals surface area (Å²) in [5, 5.41) is 2.81. The number of carbonyl (C=O) groups is 1. The Morgan fingerprint density at radius 3 is 2.71 bits per heavy atom. The van der Waals surface area contributed by atoms with E-state index in [9.17, 15) is 4.79 Å². The molecule has 4 nitrogen and oxygen atoms in total. The summed E-state index contributed by atoms with van der Waals surface area (Å²) in [6.45, 7) is 6.19. The Labute approximate surface area is 102 Å². The maximum Gasteiger partial charge on any atom is 0.251 e. The van der Waals surface area contributed by atoms with Crippen LogP contribution < -0.4 is 15.8 Å². The minimum absolute atomic E-state index is 0.0304.